The van der Waals surface area contributed by atoms with E-state index in [0.717, 1.165) is 23.2 Å². The van der Waals surface area contributed by atoms with Crippen molar-refractivity contribution >= 4 is 12.1 Å². The highest BCUT2D eigenvalue weighted by Gasteiger charge is 2.49. The number of cyclic esters (lactones) is 1. The molecule has 22 heavy (non-hydrogen) atoms. The fraction of sp³-hybridized carbons (Fsp3) is 0.462. The fourth-order valence-corrected chi connectivity index (χ4v) is 2.12. The molecule has 2 rings (SSSR count). The number of imide groups is 1. The summed E-state index contributed by atoms with van der Waals surface area (Å²) in [7, 11) is 0. The number of ether oxygens (including phenoxy) is 1. The van der Waals surface area contributed by atoms with Gasteiger partial charge in [-0.1, -0.05) is 0 Å². The third-order valence-corrected chi connectivity index (χ3v) is 3.38. The molecule has 1 atom stereocenters. The monoisotopic (exact) mass is 318 g/mol. The van der Waals surface area contributed by atoms with Crippen molar-refractivity contribution in [3.8, 4) is 0 Å². The normalized spacial score (nSPS) is 18.2. The lowest BCUT2D eigenvalue weighted by atomic mass is 10.2. The number of hydrogen-bond acceptors (Lipinski definition) is 4. The number of halogens is 3. The highest BCUT2D eigenvalue weighted by molar-refractivity contribution is 5.90. The zero-order valence-corrected chi connectivity index (χ0v) is 12.0. The predicted molar refractivity (Wildman–Crippen MR) is 67.7 cm³/mol. The SMILES string of the molecule is CC[NH+](CC)C(=O)N1C(=O)OC1c1cc(C(F)(F)F)ccn1. The van der Waals surface area contributed by atoms with Gasteiger partial charge < -0.3 is 4.74 Å². The van der Waals surface area contributed by atoms with E-state index in [4.69, 9.17) is 4.74 Å². The molecule has 0 bridgehead atoms. The Hall–Kier alpha value is -2.16. The van der Waals surface area contributed by atoms with Gasteiger partial charge in [0, 0.05) is 6.20 Å². The maximum Gasteiger partial charge on any atom is 0.430 e. The molecule has 0 radical (unpaired) electrons. The summed E-state index contributed by atoms with van der Waals surface area (Å²) in [6.07, 6.45) is -5.66. The van der Waals surface area contributed by atoms with Crippen LogP contribution in [0.4, 0.5) is 22.8 Å². The van der Waals surface area contributed by atoms with Crippen LogP contribution in [0.5, 0.6) is 0 Å². The van der Waals surface area contributed by atoms with Crippen molar-refractivity contribution in [2.75, 3.05) is 13.1 Å². The summed E-state index contributed by atoms with van der Waals surface area (Å²) in [5.74, 6) is 0. The van der Waals surface area contributed by atoms with Crippen LogP contribution in [0.2, 0.25) is 0 Å². The minimum absolute atomic E-state index is 0.130. The molecule has 1 aromatic heterocycles. The number of carbonyl (C=O) groups excluding carboxylic acids is 2. The lowest BCUT2D eigenvalue weighted by Gasteiger charge is -2.37. The van der Waals surface area contributed by atoms with E-state index >= 15 is 0 Å². The molecule has 1 unspecified atom stereocenters. The lowest BCUT2D eigenvalue weighted by Crippen LogP contribution is -3.15. The van der Waals surface area contributed by atoms with Crippen LogP contribution in [0.1, 0.15) is 31.3 Å². The van der Waals surface area contributed by atoms with Crippen molar-refractivity contribution < 1.29 is 32.4 Å². The van der Waals surface area contributed by atoms with E-state index < -0.39 is 30.1 Å². The average Bonchev–Trinajstić information content (AvgIpc) is 2.45. The number of pyridine rings is 1. The second-order valence-corrected chi connectivity index (χ2v) is 4.69. The minimum atomic E-state index is -4.54. The van der Waals surface area contributed by atoms with Crippen LogP contribution < -0.4 is 4.90 Å². The first-order valence-corrected chi connectivity index (χ1v) is 6.71. The molecule has 0 aromatic carbocycles. The molecule has 1 N–H and O–H groups in total. The molecule has 1 saturated heterocycles. The van der Waals surface area contributed by atoms with Crippen LogP contribution in [-0.4, -0.2) is 35.1 Å². The largest absolute Gasteiger partial charge is 0.430 e. The number of aromatic nitrogens is 1. The smallest absolute Gasteiger partial charge is 0.418 e. The Kier molecular flexibility index (Phi) is 4.36. The maximum atomic E-state index is 12.7. The van der Waals surface area contributed by atoms with E-state index in [1.165, 1.54) is 0 Å². The number of alkyl halides is 3. The number of urea groups is 1. The second-order valence-electron chi connectivity index (χ2n) is 4.69. The van der Waals surface area contributed by atoms with Crippen LogP contribution in [0.3, 0.4) is 0 Å². The first-order chi connectivity index (χ1) is 10.3. The Balaban J connectivity index is 2.26. The van der Waals surface area contributed by atoms with Gasteiger partial charge >= 0.3 is 18.3 Å². The first-order valence-electron chi connectivity index (χ1n) is 6.71. The minimum Gasteiger partial charge on any atom is -0.418 e. The molecule has 3 amide bonds. The van der Waals surface area contributed by atoms with Gasteiger partial charge in [0.05, 0.1) is 18.7 Å². The molecule has 1 aromatic rings. The summed E-state index contributed by atoms with van der Waals surface area (Å²) in [6, 6.07) is 1.05. The lowest BCUT2D eigenvalue weighted by molar-refractivity contribution is -0.815. The van der Waals surface area contributed by atoms with Gasteiger partial charge in [0.2, 0.25) is 6.23 Å². The highest BCUT2D eigenvalue weighted by Crippen LogP contribution is 2.34. The Morgan fingerprint density at radius 3 is 2.55 bits per heavy atom. The molecule has 9 heteroatoms. The van der Waals surface area contributed by atoms with Crippen LogP contribution in [0, 0.1) is 0 Å². The molecule has 0 saturated carbocycles. The molecule has 6 nitrogen and oxygen atoms in total. The summed E-state index contributed by atoms with van der Waals surface area (Å²) < 4.78 is 42.9. The predicted octanol–water partition coefficient (Wildman–Crippen LogP) is 1.60. The highest BCUT2D eigenvalue weighted by atomic mass is 19.4. The number of quaternary nitrogens is 1. The summed E-state index contributed by atoms with van der Waals surface area (Å²) >= 11 is 0. The zero-order chi connectivity index (χ0) is 16.5. The molecule has 1 aliphatic heterocycles. The van der Waals surface area contributed by atoms with E-state index in [0.29, 0.717) is 18.0 Å². The molecular formula is C13H15F3N3O3+. The van der Waals surface area contributed by atoms with E-state index in [1.54, 1.807) is 13.8 Å². The van der Waals surface area contributed by atoms with E-state index in [9.17, 15) is 22.8 Å². The molecule has 1 aliphatic rings. The Labute approximate surface area is 124 Å². The fourth-order valence-electron chi connectivity index (χ4n) is 2.12. The van der Waals surface area contributed by atoms with Gasteiger partial charge in [-0.2, -0.15) is 18.1 Å². The Morgan fingerprint density at radius 1 is 1.41 bits per heavy atom. The van der Waals surface area contributed by atoms with Gasteiger partial charge in [0.25, 0.3) is 0 Å². The van der Waals surface area contributed by atoms with Gasteiger partial charge in [-0.15, -0.1) is 0 Å². The molecule has 2 heterocycles. The summed E-state index contributed by atoms with van der Waals surface area (Å²) in [4.78, 5) is 28.8. The van der Waals surface area contributed by atoms with Crippen molar-refractivity contribution in [2.45, 2.75) is 26.3 Å². The number of nitrogens with one attached hydrogen (secondary N) is 1. The molecule has 0 aliphatic carbocycles. The van der Waals surface area contributed by atoms with Crippen molar-refractivity contribution in [3.63, 3.8) is 0 Å². The van der Waals surface area contributed by atoms with Crippen molar-refractivity contribution in [2.24, 2.45) is 0 Å². The number of rotatable bonds is 3. The third kappa shape index (κ3) is 2.89. The van der Waals surface area contributed by atoms with Crippen molar-refractivity contribution in [1.29, 1.82) is 0 Å². The quantitative estimate of drug-likeness (QED) is 0.919. The third-order valence-electron chi connectivity index (χ3n) is 3.38. The number of carbonyl (C=O) groups is 2. The summed E-state index contributed by atoms with van der Waals surface area (Å²) in [5, 5.41) is 0. The summed E-state index contributed by atoms with van der Waals surface area (Å²) in [6.45, 7) is 4.42. The van der Waals surface area contributed by atoms with Crippen molar-refractivity contribution in [1.82, 2.24) is 9.88 Å². The van der Waals surface area contributed by atoms with Crippen LogP contribution in [0.25, 0.3) is 0 Å². The zero-order valence-electron chi connectivity index (χ0n) is 12.0. The number of nitrogens with zero attached hydrogens (tertiary/aromatic N) is 2. The van der Waals surface area contributed by atoms with Crippen molar-refractivity contribution in [3.05, 3.63) is 29.6 Å². The number of amides is 3. The van der Waals surface area contributed by atoms with Gasteiger partial charge in [-0.05, 0) is 26.0 Å². The van der Waals surface area contributed by atoms with Crippen LogP contribution in [-0.2, 0) is 10.9 Å². The van der Waals surface area contributed by atoms with E-state index in [2.05, 4.69) is 4.98 Å². The Morgan fingerprint density at radius 2 is 2.05 bits per heavy atom. The van der Waals surface area contributed by atoms with E-state index in [1.807, 2.05) is 0 Å². The van der Waals surface area contributed by atoms with Crippen LogP contribution >= 0.6 is 0 Å². The van der Waals surface area contributed by atoms with Crippen LogP contribution in [0.15, 0.2) is 18.3 Å². The van der Waals surface area contributed by atoms with Gasteiger partial charge in [-0.25, -0.2) is 9.59 Å². The molecular weight excluding hydrogens is 303 g/mol. The second kappa shape index (κ2) is 5.91. The molecule has 0 spiro atoms. The maximum absolute atomic E-state index is 12.7. The standard InChI is InChI=1S/C13H14F3N3O3/c1-3-18(4-2)11(20)19-10(22-12(19)21)9-7-8(5-6-17-9)13(14,15)16/h5-7,10H,3-4H2,1-2H3/p+1. The topological polar surface area (TPSA) is 63.9 Å². The molecule has 120 valence electrons. The van der Waals surface area contributed by atoms with Gasteiger partial charge in [-0.3, -0.25) is 9.88 Å². The van der Waals surface area contributed by atoms with Gasteiger partial charge in [0.15, 0.2) is 0 Å². The number of hydrogen-bond donors (Lipinski definition) is 1. The average molecular weight is 318 g/mol. The first kappa shape index (κ1) is 16.2. The van der Waals surface area contributed by atoms with E-state index in [-0.39, 0.29) is 5.69 Å². The van der Waals surface area contributed by atoms with Gasteiger partial charge in [0.1, 0.15) is 5.69 Å². The molecule has 1 fully saturated rings. The summed E-state index contributed by atoms with van der Waals surface area (Å²) in [5.41, 5.74) is -1.04. The Bertz CT molecular complexity index is 587.